The third kappa shape index (κ3) is 1.63. The molecule has 1 fully saturated rings. The third-order valence-corrected chi connectivity index (χ3v) is 2.41. The summed E-state index contributed by atoms with van der Waals surface area (Å²) >= 11 is 0. The summed E-state index contributed by atoms with van der Waals surface area (Å²) in [6.07, 6.45) is 1.90. The topological polar surface area (TPSA) is 75.2 Å². The van der Waals surface area contributed by atoms with Crippen molar-refractivity contribution in [1.82, 2.24) is 15.0 Å². The second-order valence-corrected chi connectivity index (χ2v) is 3.27. The number of hydrogen-bond donors (Lipinski definition) is 1. The minimum Gasteiger partial charge on any atom is -0.377 e. The second-order valence-electron chi connectivity index (χ2n) is 3.27. The highest BCUT2D eigenvalue weighted by Crippen LogP contribution is 2.20. The van der Waals surface area contributed by atoms with E-state index in [-0.39, 0.29) is 12.1 Å². The zero-order chi connectivity index (χ0) is 9.97. The van der Waals surface area contributed by atoms with E-state index in [1.165, 1.54) is 0 Å². The Morgan fingerprint density at radius 2 is 2.57 bits per heavy atom. The average Bonchev–Trinajstić information content (AvgIpc) is 2.85. The molecule has 0 bridgehead atoms. The lowest BCUT2D eigenvalue weighted by Gasteiger charge is -2.15. The van der Waals surface area contributed by atoms with Gasteiger partial charge in [0.25, 0.3) is 0 Å². The smallest absolute Gasteiger partial charge is 0.105 e. The molecule has 1 aromatic rings. The molecule has 1 aromatic heterocycles. The van der Waals surface area contributed by atoms with Crippen LogP contribution in [-0.2, 0) is 16.0 Å². The maximum absolute atomic E-state index is 5.45. The normalized spacial score (nSPS) is 27.0. The molecule has 2 rings (SSSR count). The van der Waals surface area contributed by atoms with E-state index in [0.717, 1.165) is 5.69 Å². The number of methoxy groups -OCH3 is 1. The van der Waals surface area contributed by atoms with E-state index >= 15 is 0 Å². The largest absolute Gasteiger partial charge is 0.377 e. The first kappa shape index (κ1) is 9.57. The predicted octanol–water partition coefficient (Wildman–Crippen LogP) is -0.677. The summed E-state index contributed by atoms with van der Waals surface area (Å²) < 4.78 is 12.4. The van der Waals surface area contributed by atoms with E-state index in [9.17, 15) is 0 Å². The van der Waals surface area contributed by atoms with Gasteiger partial charge in [-0.15, -0.1) is 5.10 Å². The van der Waals surface area contributed by atoms with Gasteiger partial charge in [0.05, 0.1) is 25.1 Å². The summed E-state index contributed by atoms with van der Waals surface area (Å²) in [5.41, 5.74) is 6.23. The van der Waals surface area contributed by atoms with Crippen LogP contribution in [0.3, 0.4) is 0 Å². The van der Waals surface area contributed by atoms with Crippen molar-refractivity contribution in [2.24, 2.45) is 5.73 Å². The van der Waals surface area contributed by atoms with Crippen molar-refractivity contribution in [2.45, 2.75) is 18.7 Å². The molecule has 78 valence electrons. The van der Waals surface area contributed by atoms with Crippen molar-refractivity contribution in [3.63, 3.8) is 0 Å². The van der Waals surface area contributed by atoms with E-state index in [2.05, 4.69) is 10.3 Å². The quantitative estimate of drug-likeness (QED) is 0.696. The molecule has 1 saturated heterocycles. The van der Waals surface area contributed by atoms with Crippen molar-refractivity contribution in [2.75, 3.05) is 20.3 Å². The molecule has 0 amide bonds. The lowest BCUT2D eigenvalue weighted by atomic mass is 10.2. The van der Waals surface area contributed by atoms with E-state index in [4.69, 9.17) is 15.2 Å². The van der Waals surface area contributed by atoms with E-state index < -0.39 is 0 Å². The monoisotopic (exact) mass is 198 g/mol. The first-order valence-electron chi connectivity index (χ1n) is 4.56. The fraction of sp³-hybridized carbons (Fsp3) is 0.750. The van der Waals surface area contributed by atoms with E-state index in [0.29, 0.717) is 19.8 Å². The van der Waals surface area contributed by atoms with Crippen LogP contribution in [0.4, 0.5) is 0 Å². The van der Waals surface area contributed by atoms with Crippen LogP contribution in [0.15, 0.2) is 6.20 Å². The van der Waals surface area contributed by atoms with Crippen LogP contribution in [0.25, 0.3) is 0 Å². The van der Waals surface area contributed by atoms with Crippen LogP contribution < -0.4 is 5.73 Å². The fourth-order valence-electron chi connectivity index (χ4n) is 1.56. The maximum Gasteiger partial charge on any atom is 0.105 e. The number of rotatable bonds is 3. The van der Waals surface area contributed by atoms with Gasteiger partial charge in [0, 0.05) is 13.7 Å². The van der Waals surface area contributed by atoms with Crippen LogP contribution in [0.1, 0.15) is 11.7 Å². The summed E-state index contributed by atoms with van der Waals surface area (Å²) in [5.74, 6) is 0. The zero-order valence-electron chi connectivity index (χ0n) is 8.09. The van der Waals surface area contributed by atoms with Crippen molar-refractivity contribution in [3.8, 4) is 0 Å². The highest BCUT2D eigenvalue weighted by Gasteiger charge is 2.30. The minimum absolute atomic E-state index is 0.0577. The summed E-state index contributed by atoms with van der Waals surface area (Å²) in [7, 11) is 1.67. The molecule has 0 aromatic carbocycles. The van der Waals surface area contributed by atoms with Crippen LogP contribution in [0, 0.1) is 0 Å². The van der Waals surface area contributed by atoms with Gasteiger partial charge in [0.1, 0.15) is 12.1 Å². The zero-order valence-corrected chi connectivity index (χ0v) is 8.09. The predicted molar refractivity (Wildman–Crippen MR) is 48.6 cm³/mol. The molecule has 6 heteroatoms. The molecule has 1 aliphatic rings. The number of aromatic nitrogens is 3. The molecular weight excluding hydrogens is 184 g/mol. The van der Waals surface area contributed by atoms with Crippen LogP contribution in [-0.4, -0.2) is 41.4 Å². The molecule has 2 heterocycles. The van der Waals surface area contributed by atoms with Gasteiger partial charge in [-0.1, -0.05) is 5.21 Å². The van der Waals surface area contributed by atoms with Crippen molar-refractivity contribution in [3.05, 3.63) is 11.9 Å². The van der Waals surface area contributed by atoms with E-state index in [1.807, 2.05) is 6.20 Å². The summed E-state index contributed by atoms with van der Waals surface area (Å²) in [5, 5.41) is 7.92. The summed E-state index contributed by atoms with van der Waals surface area (Å²) in [6, 6.07) is 0.118. The van der Waals surface area contributed by atoms with Crippen molar-refractivity contribution in [1.29, 1.82) is 0 Å². The van der Waals surface area contributed by atoms with Crippen LogP contribution in [0.5, 0.6) is 0 Å². The fourth-order valence-corrected chi connectivity index (χ4v) is 1.56. The third-order valence-electron chi connectivity index (χ3n) is 2.41. The van der Waals surface area contributed by atoms with Crippen LogP contribution in [0.2, 0.25) is 0 Å². The van der Waals surface area contributed by atoms with Gasteiger partial charge >= 0.3 is 0 Å². The summed E-state index contributed by atoms with van der Waals surface area (Å²) in [6.45, 7) is 1.64. The lowest BCUT2D eigenvalue weighted by Crippen LogP contribution is -2.24. The highest BCUT2D eigenvalue weighted by molar-refractivity contribution is 4.94. The first-order chi connectivity index (χ1) is 6.85. The number of nitrogens with two attached hydrogens (primary N) is 1. The highest BCUT2D eigenvalue weighted by atomic mass is 16.5. The van der Waals surface area contributed by atoms with Gasteiger partial charge in [-0.05, 0) is 0 Å². The molecule has 0 spiro atoms. The first-order valence-corrected chi connectivity index (χ1v) is 4.56. The van der Waals surface area contributed by atoms with Crippen LogP contribution >= 0.6 is 0 Å². The SMILES string of the molecule is CO[C@H]1COC[C@H]1n1cc(CN)nn1. The van der Waals surface area contributed by atoms with Crippen molar-refractivity contribution >= 4 is 0 Å². The Labute approximate surface area is 82.0 Å². The molecule has 0 saturated carbocycles. The molecular formula is C8H14N4O2. The molecule has 1 aliphatic heterocycles. The Hall–Kier alpha value is -0.980. The summed E-state index contributed by atoms with van der Waals surface area (Å²) in [4.78, 5) is 0. The number of hydrogen-bond acceptors (Lipinski definition) is 5. The number of nitrogens with zero attached hydrogens (tertiary/aromatic N) is 3. The molecule has 14 heavy (non-hydrogen) atoms. The Morgan fingerprint density at radius 1 is 1.71 bits per heavy atom. The standard InChI is InChI=1S/C8H14N4O2/c1-13-8-5-14-4-7(8)12-3-6(2-9)10-11-12/h3,7-8H,2,4-5,9H2,1H3/t7-,8+/m1/s1. The van der Waals surface area contributed by atoms with Gasteiger partial charge in [-0.25, -0.2) is 4.68 Å². The molecule has 0 unspecified atom stereocenters. The second kappa shape index (κ2) is 4.04. The molecule has 0 aliphatic carbocycles. The Kier molecular flexibility index (Phi) is 2.76. The average molecular weight is 198 g/mol. The molecule has 2 N–H and O–H groups in total. The van der Waals surface area contributed by atoms with Crippen molar-refractivity contribution < 1.29 is 9.47 Å². The van der Waals surface area contributed by atoms with Gasteiger partial charge in [0.15, 0.2) is 0 Å². The lowest BCUT2D eigenvalue weighted by molar-refractivity contribution is 0.0661. The Morgan fingerprint density at radius 3 is 3.21 bits per heavy atom. The number of ether oxygens (including phenoxy) is 2. The minimum atomic E-state index is 0.0577. The van der Waals surface area contributed by atoms with Gasteiger partial charge < -0.3 is 15.2 Å². The van der Waals surface area contributed by atoms with E-state index in [1.54, 1.807) is 11.8 Å². The van der Waals surface area contributed by atoms with Gasteiger partial charge in [-0.2, -0.15) is 0 Å². The Bertz CT molecular complexity index is 301. The van der Waals surface area contributed by atoms with Gasteiger partial charge in [-0.3, -0.25) is 0 Å². The van der Waals surface area contributed by atoms with Gasteiger partial charge in [0.2, 0.25) is 0 Å². The molecule has 2 atom stereocenters. The maximum atomic E-state index is 5.45. The molecule has 0 radical (unpaired) electrons. The Balaban J connectivity index is 2.13. The molecule has 6 nitrogen and oxygen atoms in total.